The molecule has 86 valence electrons. The van der Waals surface area contributed by atoms with Crippen LogP contribution in [0, 0.1) is 0 Å². The van der Waals surface area contributed by atoms with Gasteiger partial charge in [0.15, 0.2) is 0 Å². The van der Waals surface area contributed by atoms with Crippen molar-refractivity contribution in [1.82, 2.24) is 10.3 Å². The molecule has 1 amide bonds. The van der Waals surface area contributed by atoms with Crippen molar-refractivity contribution < 1.29 is 9.53 Å². The van der Waals surface area contributed by atoms with E-state index in [9.17, 15) is 4.79 Å². The van der Waals surface area contributed by atoms with Gasteiger partial charge in [0.1, 0.15) is 5.75 Å². The predicted molar refractivity (Wildman–Crippen MR) is 64.8 cm³/mol. The van der Waals surface area contributed by atoms with Gasteiger partial charge in [-0.15, -0.1) is 0 Å². The summed E-state index contributed by atoms with van der Waals surface area (Å²) in [6.07, 6.45) is 3.00. The molecule has 4 nitrogen and oxygen atoms in total. The SMILES string of the molecule is CNC(=O)Oc1cccc(-c2cccnc2)c1. The normalized spacial score (nSPS) is 9.71. The van der Waals surface area contributed by atoms with Crippen molar-refractivity contribution in [3.63, 3.8) is 0 Å². The van der Waals surface area contributed by atoms with Crippen LogP contribution in [0.5, 0.6) is 5.75 Å². The Morgan fingerprint density at radius 3 is 2.76 bits per heavy atom. The number of nitrogens with zero attached hydrogens (tertiary/aromatic N) is 1. The number of amides is 1. The quantitative estimate of drug-likeness (QED) is 0.859. The van der Waals surface area contributed by atoms with E-state index in [0.29, 0.717) is 5.75 Å². The fraction of sp³-hybridized carbons (Fsp3) is 0.0769. The van der Waals surface area contributed by atoms with Crippen LogP contribution in [0.3, 0.4) is 0 Å². The van der Waals surface area contributed by atoms with E-state index in [-0.39, 0.29) is 0 Å². The lowest BCUT2D eigenvalue weighted by Gasteiger charge is -2.05. The second-order valence-electron chi connectivity index (χ2n) is 3.41. The highest BCUT2D eigenvalue weighted by atomic mass is 16.5. The van der Waals surface area contributed by atoms with E-state index in [2.05, 4.69) is 10.3 Å². The summed E-state index contributed by atoms with van der Waals surface area (Å²) in [5.74, 6) is 0.505. The number of carbonyl (C=O) groups excluding carboxylic acids is 1. The molecule has 0 aliphatic carbocycles. The molecule has 0 unspecified atom stereocenters. The van der Waals surface area contributed by atoms with E-state index >= 15 is 0 Å². The first kappa shape index (κ1) is 11.1. The Labute approximate surface area is 99.3 Å². The van der Waals surface area contributed by atoms with Crippen molar-refractivity contribution in [2.24, 2.45) is 0 Å². The Morgan fingerprint density at radius 1 is 1.24 bits per heavy atom. The van der Waals surface area contributed by atoms with Crippen molar-refractivity contribution in [2.75, 3.05) is 7.05 Å². The number of ether oxygens (including phenoxy) is 1. The van der Waals surface area contributed by atoms with Gasteiger partial charge in [-0.25, -0.2) is 4.79 Å². The molecule has 0 saturated carbocycles. The molecule has 2 rings (SSSR count). The highest BCUT2D eigenvalue weighted by molar-refractivity contribution is 5.71. The van der Waals surface area contributed by atoms with Gasteiger partial charge in [0.25, 0.3) is 0 Å². The number of aromatic nitrogens is 1. The van der Waals surface area contributed by atoms with Gasteiger partial charge in [-0.2, -0.15) is 0 Å². The highest BCUT2D eigenvalue weighted by Gasteiger charge is 2.03. The first-order valence-electron chi connectivity index (χ1n) is 5.19. The van der Waals surface area contributed by atoms with Crippen molar-refractivity contribution >= 4 is 6.09 Å². The molecule has 0 saturated heterocycles. The maximum absolute atomic E-state index is 11.1. The minimum Gasteiger partial charge on any atom is -0.410 e. The van der Waals surface area contributed by atoms with Crippen molar-refractivity contribution in [3.8, 4) is 16.9 Å². The topological polar surface area (TPSA) is 51.2 Å². The molecule has 2 aromatic rings. The zero-order valence-corrected chi connectivity index (χ0v) is 9.38. The zero-order chi connectivity index (χ0) is 12.1. The second kappa shape index (κ2) is 5.12. The molecular weight excluding hydrogens is 216 g/mol. The van der Waals surface area contributed by atoms with Gasteiger partial charge in [-0.05, 0) is 23.8 Å². The minimum atomic E-state index is -0.478. The fourth-order valence-electron chi connectivity index (χ4n) is 1.43. The molecule has 0 atom stereocenters. The highest BCUT2D eigenvalue weighted by Crippen LogP contribution is 2.22. The van der Waals surface area contributed by atoms with E-state index in [1.807, 2.05) is 24.3 Å². The zero-order valence-electron chi connectivity index (χ0n) is 9.38. The number of benzene rings is 1. The number of hydrogen-bond acceptors (Lipinski definition) is 3. The summed E-state index contributed by atoms with van der Waals surface area (Å²) in [6.45, 7) is 0. The van der Waals surface area contributed by atoms with Crippen LogP contribution in [0.25, 0.3) is 11.1 Å². The molecule has 0 spiro atoms. The van der Waals surface area contributed by atoms with Crippen molar-refractivity contribution in [1.29, 1.82) is 0 Å². The summed E-state index contributed by atoms with van der Waals surface area (Å²) in [5, 5.41) is 2.40. The molecule has 17 heavy (non-hydrogen) atoms. The Bertz CT molecular complexity index is 512. The molecule has 1 aromatic carbocycles. The third-order valence-corrected chi connectivity index (χ3v) is 2.24. The van der Waals surface area contributed by atoms with Gasteiger partial charge < -0.3 is 10.1 Å². The summed E-state index contributed by atoms with van der Waals surface area (Å²) in [6, 6.07) is 11.1. The van der Waals surface area contributed by atoms with Crippen LogP contribution in [0.1, 0.15) is 0 Å². The van der Waals surface area contributed by atoms with E-state index in [1.54, 1.807) is 24.5 Å². The monoisotopic (exact) mass is 228 g/mol. The molecule has 0 aliphatic heterocycles. The van der Waals surface area contributed by atoms with Crippen molar-refractivity contribution in [3.05, 3.63) is 48.8 Å². The standard InChI is InChI=1S/C13H12N2O2/c1-14-13(16)17-12-6-2-4-10(8-12)11-5-3-7-15-9-11/h2-9H,1H3,(H,14,16). The van der Waals surface area contributed by atoms with Gasteiger partial charge in [0.2, 0.25) is 0 Å². The number of pyridine rings is 1. The lowest BCUT2D eigenvalue weighted by molar-refractivity contribution is 0.203. The van der Waals surface area contributed by atoms with E-state index in [0.717, 1.165) is 11.1 Å². The van der Waals surface area contributed by atoms with Crippen LogP contribution in [0.15, 0.2) is 48.8 Å². The lowest BCUT2D eigenvalue weighted by Crippen LogP contribution is -2.21. The lowest BCUT2D eigenvalue weighted by atomic mass is 10.1. The van der Waals surface area contributed by atoms with Gasteiger partial charge in [0, 0.05) is 25.0 Å². The maximum atomic E-state index is 11.1. The Balaban J connectivity index is 2.26. The largest absolute Gasteiger partial charge is 0.412 e. The minimum absolute atomic E-state index is 0.478. The smallest absolute Gasteiger partial charge is 0.410 e. The summed E-state index contributed by atoms with van der Waals surface area (Å²) in [7, 11) is 1.52. The predicted octanol–water partition coefficient (Wildman–Crippen LogP) is 2.47. The third-order valence-electron chi connectivity index (χ3n) is 2.24. The van der Waals surface area contributed by atoms with E-state index in [1.165, 1.54) is 7.05 Å². The molecule has 1 aromatic heterocycles. The Kier molecular flexibility index (Phi) is 3.35. The molecule has 1 N–H and O–H groups in total. The molecule has 0 aliphatic rings. The molecular formula is C13H12N2O2. The van der Waals surface area contributed by atoms with Gasteiger partial charge in [-0.3, -0.25) is 4.98 Å². The van der Waals surface area contributed by atoms with Gasteiger partial charge in [-0.1, -0.05) is 18.2 Å². The molecule has 0 bridgehead atoms. The van der Waals surface area contributed by atoms with Crippen LogP contribution < -0.4 is 10.1 Å². The summed E-state index contributed by atoms with van der Waals surface area (Å²) < 4.78 is 5.06. The van der Waals surface area contributed by atoms with E-state index < -0.39 is 6.09 Å². The number of rotatable bonds is 2. The van der Waals surface area contributed by atoms with Crippen LogP contribution >= 0.6 is 0 Å². The maximum Gasteiger partial charge on any atom is 0.412 e. The number of hydrogen-bond donors (Lipinski definition) is 1. The van der Waals surface area contributed by atoms with E-state index in [4.69, 9.17) is 4.74 Å². The molecule has 4 heteroatoms. The third kappa shape index (κ3) is 2.81. The summed E-state index contributed by atoms with van der Waals surface area (Å²) in [4.78, 5) is 15.1. The Hall–Kier alpha value is -2.36. The first-order valence-corrected chi connectivity index (χ1v) is 5.19. The number of carbonyl (C=O) groups is 1. The fourth-order valence-corrected chi connectivity index (χ4v) is 1.43. The average molecular weight is 228 g/mol. The summed E-state index contributed by atoms with van der Waals surface area (Å²) >= 11 is 0. The van der Waals surface area contributed by atoms with Gasteiger partial charge >= 0.3 is 6.09 Å². The van der Waals surface area contributed by atoms with Crippen LogP contribution in [0.4, 0.5) is 4.79 Å². The molecule has 0 fully saturated rings. The van der Waals surface area contributed by atoms with Crippen LogP contribution in [-0.2, 0) is 0 Å². The van der Waals surface area contributed by atoms with Gasteiger partial charge in [0.05, 0.1) is 0 Å². The number of nitrogens with one attached hydrogen (secondary N) is 1. The summed E-state index contributed by atoms with van der Waals surface area (Å²) in [5.41, 5.74) is 1.94. The Morgan fingerprint density at radius 2 is 2.06 bits per heavy atom. The van der Waals surface area contributed by atoms with Crippen LogP contribution in [0.2, 0.25) is 0 Å². The van der Waals surface area contributed by atoms with Crippen LogP contribution in [-0.4, -0.2) is 18.1 Å². The molecule has 1 heterocycles. The average Bonchev–Trinajstić information content (AvgIpc) is 2.40. The second-order valence-corrected chi connectivity index (χ2v) is 3.41. The first-order chi connectivity index (χ1) is 8.29. The van der Waals surface area contributed by atoms with Crippen molar-refractivity contribution in [2.45, 2.75) is 0 Å². The molecule has 0 radical (unpaired) electrons.